The number of nitrogens with one attached hydrogen (secondary N) is 1. The predicted octanol–water partition coefficient (Wildman–Crippen LogP) is 3.93. The normalized spacial score (nSPS) is 11.3. The fourth-order valence-electron chi connectivity index (χ4n) is 3.27. The molecule has 0 saturated carbocycles. The Morgan fingerprint density at radius 2 is 1.89 bits per heavy atom. The van der Waals surface area contributed by atoms with Crippen LogP contribution in [0, 0.1) is 5.82 Å². The zero-order chi connectivity index (χ0) is 19.6. The van der Waals surface area contributed by atoms with Crippen LogP contribution in [0.5, 0.6) is 0 Å². The lowest BCUT2D eigenvalue weighted by molar-refractivity contribution is 0.0528. The number of pyridine rings is 1. The smallest absolute Gasteiger partial charge is 0.339 e. The third-order valence-electron chi connectivity index (χ3n) is 4.64. The minimum atomic E-state index is -0.556. The van der Waals surface area contributed by atoms with Crippen molar-refractivity contribution < 1.29 is 13.9 Å². The number of nitrogens with zero attached hydrogens (tertiary/aromatic N) is 2. The highest BCUT2D eigenvalue weighted by Crippen LogP contribution is 2.32. The molecule has 1 N–H and O–H groups in total. The van der Waals surface area contributed by atoms with Crippen molar-refractivity contribution in [3.05, 3.63) is 57.8 Å². The van der Waals surface area contributed by atoms with Gasteiger partial charge in [-0.3, -0.25) is 4.79 Å². The van der Waals surface area contributed by atoms with E-state index in [-0.39, 0.29) is 23.9 Å². The Labute approximate surface area is 156 Å². The summed E-state index contributed by atoms with van der Waals surface area (Å²) in [4.78, 5) is 27.5. The monoisotopic (exact) mass is 371 g/mol. The summed E-state index contributed by atoms with van der Waals surface area (Å²) in [7, 11) is 0. The average Bonchev–Trinajstić information content (AvgIpc) is 3.02. The van der Waals surface area contributed by atoms with Crippen LogP contribution in [0.25, 0.3) is 16.7 Å². The first-order chi connectivity index (χ1) is 13.0. The first-order valence-corrected chi connectivity index (χ1v) is 9.09. The molecule has 3 aromatic rings. The van der Waals surface area contributed by atoms with E-state index in [0.29, 0.717) is 16.7 Å². The van der Waals surface area contributed by atoms with Crippen LogP contribution in [-0.2, 0) is 4.74 Å². The lowest BCUT2D eigenvalue weighted by Gasteiger charge is -2.10. The highest BCUT2D eigenvalue weighted by molar-refractivity contribution is 6.04. The second-order valence-corrected chi connectivity index (χ2v) is 6.28. The van der Waals surface area contributed by atoms with E-state index >= 15 is 0 Å². The van der Waals surface area contributed by atoms with E-state index < -0.39 is 11.5 Å². The Balaban J connectivity index is 2.36. The molecule has 2 aromatic heterocycles. The Kier molecular flexibility index (Phi) is 5.39. The van der Waals surface area contributed by atoms with E-state index in [1.54, 1.807) is 23.7 Å². The number of benzene rings is 1. The van der Waals surface area contributed by atoms with Crippen molar-refractivity contribution in [2.45, 2.75) is 39.5 Å². The molecule has 0 spiro atoms. The van der Waals surface area contributed by atoms with Gasteiger partial charge < -0.3 is 9.72 Å². The molecular weight excluding hydrogens is 349 g/mol. The van der Waals surface area contributed by atoms with Gasteiger partial charge in [-0.25, -0.2) is 13.9 Å². The number of H-pyrrole nitrogens is 1. The van der Waals surface area contributed by atoms with Gasteiger partial charge in [0.15, 0.2) is 0 Å². The summed E-state index contributed by atoms with van der Waals surface area (Å²) < 4.78 is 20.0. The maximum absolute atomic E-state index is 13.3. The Morgan fingerprint density at radius 3 is 2.48 bits per heavy atom. The Morgan fingerprint density at radius 1 is 1.22 bits per heavy atom. The molecule has 6 nitrogen and oxygen atoms in total. The number of aromatic amines is 1. The molecule has 0 radical (unpaired) electrons. The van der Waals surface area contributed by atoms with Crippen LogP contribution in [0.2, 0.25) is 0 Å². The van der Waals surface area contributed by atoms with E-state index in [1.807, 2.05) is 13.8 Å². The second-order valence-electron chi connectivity index (χ2n) is 6.28. The van der Waals surface area contributed by atoms with Crippen molar-refractivity contribution in [3.8, 4) is 5.69 Å². The van der Waals surface area contributed by atoms with E-state index in [4.69, 9.17) is 9.84 Å². The topological polar surface area (TPSA) is 77.0 Å². The largest absolute Gasteiger partial charge is 0.462 e. The van der Waals surface area contributed by atoms with Gasteiger partial charge in [-0.1, -0.05) is 13.8 Å². The van der Waals surface area contributed by atoms with Gasteiger partial charge in [0.25, 0.3) is 0 Å². The summed E-state index contributed by atoms with van der Waals surface area (Å²) >= 11 is 0. The van der Waals surface area contributed by atoms with Crippen molar-refractivity contribution in [2.24, 2.45) is 0 Å². The molecule has 3 rings (SSSR count). The first kappa shape index (κ1) is 18.8. The van der Waals surface area contributed by atoms with Crippen molar-refractivity contribution in [3.63, 3.8) is 0 Å². The molecule has 7 heteroatoms. The highest BCUT2D eigenvalue weighted by Gasteiger charge is 2.25. The molecule has 0 unspecified atom stereocenters. The van der Waals surface area contributed by atoms with Crippen molar-refractivity contribution in [1.29, 1.82) is 0 Å². The maximum Gasteiger partial charge on any atom is 0.339 e. The highest BCUT2D eigenvalue weighted by atomic mass is 19.1. The molecule has 0 saturated heterocycles. The number of esters is 1. The van der Waals surface area contributed by atoms with E-state index in [9.17, 15) is 14.0 Å². The van der Waals surface area contributed by atoms with Crippen LogP contribution in [0.4, 0.5) is 4.39 Å². The van der Waals surface area contributed by atoms with Gasteiger partial charge in [-0.2, -0.15) is 5.10 Å². The summed E-state index contributed by atoms with van der Waals surface area (Å²) in [6.45, 7) is 6.02. The zero-order valence-corrected chi connectivity index (χ0v) is 15.6. The molecule has 1 aromatic carbocycles. The molecule has 0 amide bonds. The van der Waals surface area contributed by atoms with E-state index in [0.717, 1.165) is 18.5 Å². The van der Waals surface area contributed by atoms with Gasteiger partial charge in [-0.05, 0) is 44.0 Å². The third-order valence-corrected chi connectivity index (χ3v) is 4.64. The summed E-state index contributed by atoms with van der Waals surface area (Å²) in [6.07, 6.45) is 1.65. The molecular formula is C20H22FN3O3. The molecule has 2 heterocycles. The summed E-state index contributed by atoms with van der Waals surface area (Å²) in [5, 5.41) is 5.27. The predicted molar refractivity (Wildman–Crippen MR) is 101 cm³/mol. The number of fused-ring (bicyclic) bond motifs is 1. The first-order valence-electron chi connectivity index (χ1n) is 9.09. The van der Waals surface area contributed by atoms with Crippen LogP contribution in [0.15, 0.2) is 35.1 Å². The van der Waals surface area contributed by atoms with E-state index in [2.05, 4.69) is 4.98 Å². The standard InChI is InChI=1S/C20H22FN3O3/c1-4-12(5-2)18-17-15(20(26)27-6-3)11-16(25)22-19(17)24(23-18)14-9-7-13(21)8-10-14/h7-12H,4-6H2,1-3H3,(H,22,25). The van der Waals surface area contributed by atoms with Gasteiger partial charge in [0.05, 0.1) is 28.9 Å². The van der Waals surface area contributed by atoms with Crippen molar-refractivity contribution in [2.75, 3.05) is 6.61 Å². The molecule has 0 atom stereocenters. The number of aromatic nitrogens is 3. The zero-order valence-electron chi connectivity index (χ0n) is 15.6. The number of hydrogen-bond acceptors (Lipinski definition) is 4. The Hall–Kier alpha value is -2.96. The summed E-state index contributed by atoms with van der Waals surface area (Å²) in [5.41, 5.74) is 1.49. The minimum Gasteiger partial charge on any atom is -0.462 e. The molecule has 0 bridgehead atoms. The van der Waals surface area contributed by atoms with Crippen LogP contribution >= 0.6 is 0 Å². The maximum atomic E-state index is 13.3. The van der Waals surface area contributed by atoms with Crippen LogP contribution in [-0.4, -0.2) is 27.3 Å². The van der Waals surface area contributed by atoms with Gasteiger partial charge in [0, 0.05) is 12.0 Å². The van der Waals surface area contributed by atoms with Gasteiger partial charge in [-0.15, -0.1) is 0 Å². The van der Waals surface area contributed by atoms with Crippen molar-refractivity contribution >= 4 is 17.0 Å². The van der Waals surface area contributed by atoms with Crippen LogP contribution < -0.4 is 5.56 Å². The second kappa shape index (κ2) is 7.73. The quantitative estimate of drug-likeness (QED) is 0.666. The number of halogens is 1. The Bertz CT molecular complexity index is 1020. The van der Waals surface area contributed by atoms with Crippen molar-refractivity contribution in [1.82, 2.24) is 14.8 Å². The molecule has 142 valence electrons. The number of carbonyl (C=O) groups is 1. The molecule has 27 heavy (non-hydrogen) atoms. The minimum absolute atomic E-state index is 0.105. The number of rotatable bonds is 6. The average molecular weight is 371 g/mol. The van der Waals surface area contributed by atoms with Crippen LogP contribution in [0.3, 0.4) is 0 Å². The molecule has 0 aliphatic carbocycles. The fourth-order valence-corrected chi connectivity index (χ4v) is 3.27. The fraction of sp³-hybridized carbons (Fsp3) is 0.350. The molecule has 0 aliphatic rings. The lowest BCUT2D eigenvalue weighted by Crippen LogP contribution is -2.14. The van der Waals surface area contributed by atoms with Gasteiger partial charge >= 0.3 is 5.97 Å². The summed E-state index contributed by atoms with van der Waals surface area (Å²) in [6, 6.07) is 7.06. The lowest BCUT2D eigenvalue weighted by atomic mass is 9.95. The van der Waals surface area contributed by atoms with Crippen LogP contribution in [0.1, 0.15) is 55.6 Å². The number of hydrogen-bond donors (Lipinski definition) is 1. The number of ether oxygens (including phenoxy) is 1. The molecule has 0 fully saturated rings. The van der Waals surface area contributed by atoms with Gasteiger partial charge in [0.1, 0.15) is 11.5 Å². The SMILES string of the molecule is CCOC(=O)c1cc(=O)[nH]c2c1c(C(CC)CC)nn2-c1ccc(F)cc1. The molecule has 0 aliphatic heterocycles. The van der Waals surface area contributed by atoms with Gasteiger partial charge in [0.2, 0.25) is 5.56 Å². The van der Waals surface area contributed by atoms with E-state index in [1.165, 1.54) is 18.2 Å². The number of carbonyl (C=O) groups excluding carboxylic acids is 1. The third kappa shape index (κ3) is 3.49. The summed E-state index contributed by atoms with van der Waals surface area (Å²) in [5.74, 6) is -0.816.